The van der Waals surface area contributed by atoms with E-state index in [9.17, 15) is 17.6 Å². The van der Waals surface area contributed by atoms with Gasteiger partial charge in [0.15, 0.2) is 9.84 Å². The van der Waals surface area contributed by atoms with E-state index in [4.69, 9.17) is 0 Å². The van der Waals surface area contributed by atoms with Crippen LogP contribution >= 0.6 is 0 Å². The maximum Gasteiger partial charge on any atom is 0.221 e. The highest BCUT2D eigenvalue weighted by molar-refractivity contribution is 7.90. The topological polar surface area (TPSA) is 63.2 Å². The fourth-order valence-electron chi connectivity index (χ4n) is 2.34. The third-order valence-corrected chi connectivity index (χ3v) is 5.19. The van der Waals surface area contributed by atoms with Crippen molar-refractivity contribution in [2.75, 3.05) is 5.75 Å². The molecule has 0 aliphatic carbocycles. The van der Waals surface area contributed by atoms with Gasteiger partial charge >= 0.3 is 0 Å². The number of amides is 1. The Bertz CT molecular complexity index is 791. The molecule has 0 fully saturated rings. The molecule has 0 radical (unpaired) electrons. The van der Waals surface area contributed by atoms with Gasteiger partial charge in [-0.25, -0.2) is 12.8 Å². The first-order valence-electron chi connectivity index (χ1n) is 7.65. The number of benzene rings is 2. The summed E-state index contributed by atoms with van der Waals surface area (Å²) in [4.78, 5) is 11.9. The monoisotopic (exact) mass is 349 g/mol. The lowest BCUT2D eigenvalue weighted by molar-refractivity contribution is -0.121. The summed E-state index contributed by atoms with van der Waals surface area (Å²) < 4.78 is 37.2. The highest BCUT2D eigenvalue weighted by Crippen LogP contribution is 2.12. The quantitative estimate of drug-likeness (QED) is 0.836. The molecule has 0 saturated carbocycles. The van der Waals surface area contributed by atoms with E-state index < -0.39 is 15.7 Å². The van der Waals surface area contributed by atoms with E-state index >= 15 is 0 Å². The largest absolute Gasteiger partial charge is 0.350 e. The fraction of sp³-hybridized carbons (Fsp3) is 0.278. The van der Waals surface area contributed by atoms with Crippen molar-refractivity contribution in [1.82, 2.24) is 5.32 Å². The van der Waals surface area contributed by atoms with E-state index in [1.165, 1.54) is 18.2 Å². The van der Waals surface area contributed by atoms with E-state index in [2.05, 4.69) is 5.32 Å². The smallest absolute Gasteiger partial charge is 0.221 e. The van der Waals surface area contributed by atoms with Crippen LogP contribution in [0.5, 0.6) is 0 Å². The Morgan fingerprint density at radius 1 is 1.12 bits per heavy atom. The highest BCUT2D eigenvalue weighted by Gasteiger charge is 2.16. The lowest BCUT2D eigenvalue weighted by Gasteiger charge is -2.14. The standard InChI is InChI=1S/C18H20FNO3S/c1-14(16-7-3-2-4-8-16)20-18(21)10-11-24(22,23)13-15-6-5-9-17(19)12-15/h2-9,12,14H,10-11,13H2,1H3,(H,20,21). The number of hydrogen-bond donors (Lipinski definition) is 1. The predicted molar refractivity (Wildman–Crippen MR) is 91.5 cm³/mol. The van der Waals surface area contributed by atoms with Crippen LogP contribution in [0, 0.1) is 5.82 Å². The van der Waals surface area contributed by atoms with E-state index in [0.29, 0.717) is 5.56 Å². The Kier molecular flexibility index (Phi) is 6.09. The minimum absolute atomic E-state index is 0.116. The maximum absolute atomic E-state index is 13.1. The molecule has 1 atom stereocenters. The molecule has 128 valence electrons. The molecule has 0 aromatic heterocycles. The van der Waals surface area contributed by atoms with Crippen molar-refractivity contribution in [3.05, 3.63) is 71.5 Å². The second-order valence-corrected chi connectivity index (χ2v) is 7.86. The molecule has 2 aromatic rings. The summed E-state index contributed by atoms with van der Waals surface area (Å²) in [5.74, 6) is -1.34. The number of hydrogen-bond acceptors (Lipinski definition) is 3. The SMILES string of the molecule is CC(NC(=O)CCS(=O)(=O)Cc1cccc(F)c1)c1ccccc1. The van der Waals surface area contributed by atoms with E-state index in [1.54, 1.807) is 6.07 Å². The van der Waals surface area contributed by atoms with Crippen molar-refractivity contribution in [2.24, 2.45) is 0 Å². The van der Waals surface area contributed by atoms with Gasteiger partial charge in [-0.1, -0.05) is 42.5 Å². The third kappa shape index (κ3) is 5.77. The Morgan fingerprint density at radius 2 is 1.83 bits per heavy atom. The molecule has 0 saturated heterocycles. The summed E-state index contributed by atoms with van der Waals surface area (Å²) in [6.07, 6.45) is -0.116. The van der Waals surface area contributed by atoms with Crippen LogP contribution in [-0.2, 0) is 20.4 Å². The number of carbonyl (C=O) groups excluding carboxylic acids is 1. The zero-order valence-corrected chi connectivity index (χ0v) is 14.2. The van der Waals surface area contributed by atoms with E-state index in [0.717, 1.165) is 5.56 Å². The molecule has 2 aromatic carbocycles. The predicted octanol–water partition coefficient (Wildman–Crippen LogP) is 3.01. The van der Waals surface area contributed by atoms with Crippen LogP contribution in [0.25, 0.3) is 0 Å². The van der Waals surface area contributed by atoms with Crippen molar-refractivity contribution in [3.8, 4) is 0 Å². The molecule has 0 heterocycles. The summed E-state index contributed by atoms with van der Waals surface area (Å²) >= 11 is 0. The van der Waals surface area contributed by atoms with Gasteiger partial charge in [0.25, 0.3) is 0 Å². The van der Waals surface area contributed by atoms with Crippen molar-refractivity contribution < 1.29 is 17.6 Å². The lowest BCUT2D eigenvalue weighted by atomic mass is 10.1. The molecule has 0 aliphatic heterocycles. The van der Waals surface area contributed by atoms with Crippen LogP contribution in [0.1, 0.15) is 30.5 Å². The summed E-state index contributed by atoms with van der Waals surface area (Å²) in [7, 11) is -3.47. The summed E-state index contributed by atoms with van der Waals surface area (Å²) in [6, 6.07) is 14.7. The summed E-state index contributed by atoms with van der Waals surface area (Å²) in [5, 5.41) is 2.78. The molecule has 6 heteroatoms. The zero-order valence-electron chi connectivity index (χ0n) is 13.4. The van der Waals surface area contributed by atoms with Gasteiger partial charge in [-0.3, -0.25) is 4.79 Å². The molecule has 0 aliphatic rings. The first-order chi connectivity index (χ1) is 11.4. The number of carbonyl (C=O) groups is 1. The van der Waals surface area contributed by atoms with Gasteiger partial charge in [0.2, 0.25) is 5.91 Å². The second-order valence-electron chi connectivity index (χ2n) is 5.67. The first kappa shape index (κ1) is 18.1. The first-order valence-corrected chi connectivity index (χ1v) is 9.47. The summed E-state index contributed by atoms with van der Waals surface area (Å²) in [5.41, 5.74) is 1.33. The van der Waals surface area contributed by atoms with E-state index in [-0.39, 0.29) is 29.9 Å². The van der Waals surface area contributed by atoms with Crippen LogP contribution in [-0.4, -0.2) is 20.1 Å². The molecule has 1 unspecified atom stereocenters. The Hall–Kier alpha value is -2.21. The summed E-state index contributed by atoms with van der Waals surface area (Å²) in [6.45, 7) is 1.84. The van der Waals surface area contributed by atoms with Gasteiger partial charge in [0.1, 0.15) is 5.82 Å². The molecule has 0 bridgehead atoms. The Labute approximate surface area is 141 Å². The zero-order chi connectivity index (χ0) is 17.6. The maximum atomic E-state index is 13.1. The van der Waals surface area contributed by atoms with Crippen LogP contribution in [0.15, 0.2) is 54.6 Å². The Morgan fingerprint density at radius 3 is 2.50 bits per heavy atom. The normalized spacial score (nSPS) is 12.6. The molecule has 4 nitrogen and oxygen atoms in total. The lowest BCUT2D eigenvalue weighted by Crippen LogP contribution is -2.28. The van der Waals surface area contributed by atoms with Gasteiger partial charge in [-0.2, -0.15) is 0 Å². The van der Waals surface area contributed by atoms with Gasteiger partial charge in [0.05, 0.1) is 17.5 Å². The van der Waals surface area contributed by atoms with Crippen LogP contribution in [0.3, 0.4) is 0 Å². The fourth-order valence-corrected chi connectivity index (χ4v) is 3.67. The van der Waals surface area contributed by atoms with Crippen molar-refractivity contribution in [3.63, 3.8) is 0 Å². The average molecular weight is 349 g/mol. The van der Waals surface area contributed by atoms with Crippen molar-refractivity contribution in [2.45, 2.75) is 25.1 Å². The molecule has 0 spiro atoms. The average Bonchev–Trinajstić information content (AvgIpc) is 2.53. The molecule has 24 heavy (non-hydrogen) atoms. The second kappa shape index (κ2) is 8.06. The van der Waals surface area contributed by atoms with Crippen LogP contribution < -0.4 is 5.32 Å². The number of nitrogens with one attached hydrogen (secondary N) is 1. The van der Waals surface area contributed by atoms with Gasteiger partial charge in [-0.15, -0.1) is 0 Å². The molecular weight excluding hydrogens is 329 g/mol. The van der Waals surface area contributed by atoms with Crippen LogP contribution in [0.2, 0.25) is 0 Å². The third-order valence-electron chi connectivity index (χ3n) is 3.59. The van der Waals surface area contributed by atoms with Gasteiger partial charge in [0, 0.05) is 6.42 Å². The molecule has 1 amide bonds. The van der Waals surface area contributed by atoms with Crippen molar-refractivity contribution >= 4 is 15.7 Å². The van der Waals surface area contributed by atoms with E-state index in [1.807, 2.05) is 37.3 Å². The minimum Gasteiger partial charge on any atom is -0.350 e. The highest BCUT2D eigenvalue weighted by atomic mass is 32.2. The number of rotatable bonds is 7. The minimum atomic E-state index is -3.47. The van der Waals surface area contributed by atoms with Crippen LogP contribution in [0.4, 0.5) is 4.39 Å². The van der Waals surface area contributed by atoms with Gasteiger partial charge in [-0.05, 0) is 30.2 Å². The Balaban J connectivity index is 1.86. The number of sulfone groups is 1. The molecule has 1 N–H and O–H groups in total. The van der Waals surface area contributed by atoms with Gasteiger partial charge < -0.3 is 5.32 Å². The number of halogens is 1. The molecule has 2 rings (SSSR count). The van der Waals surface area contributed by atoms with Crippen molar-refractivity contribution in [1.29, 1.82) is 0 Å². The molecular formula is C18H20FNO3S.